The van der Waals surface area contributed by atoms with E-state index in [1.807, 2.05) is 0 Å². The standard InChI is InChI=1S/C11H11NO4/c13-10-3-4-16-9-2-1-7(6-11(14)15)5-8(9)12-10/h1-2,5H,3-4,6H2,(H,12,13)(H,14,15). The van der Waals surface area contributed by atoms with Gasteiger partial charge in [-0.05, 0) is 17.7 Å². The molecule has 0 atom stereocenters. The lowest BCUT2D eigenvalue weighted by Crippen LogP contribution is -2.10. The number of fused-ring (bicyclic) bond motifs is 1. The second-order valence-corrected chi connectivity index (χ2v) is 3.55. The molecule has 2 rings (SSSR count). The first-order valence-electron chi connectivity index (χ1n) is 4.92. The Kier molecular flexibility index (Phi) is 2.76. The van der Waals surface area contributed by atoms with E-state index in [9.17, 15) is 9.59 Å². The minimum absolute atomic E-state index is 0.0663. The van der Waals surface area contributed by atoms with E-state index in [2.05, 4.69) is 5.32 Å². The molecule has 2 N–H and O–H groups in total. The molecule has 0 radical (unpaired) electrons. The van der Waals surface area contributed by atoms with Crippen LogP contribution in [0.25, 0.3) is 0 Å². The molecule has 0 aliphatic carbocycles. The van der Waals surface area contributed by atoms with Gasteiger partial charge in [0.25, 0.3) is 0 Å². The fourth-order valence-electron chi connectivity index (χ4n) is 1.55. The molecule has 1 heterocycles. The number of carbonyl (C=O) groups excluding carboxylic acids is 1. The van der Waals surface area contributed by atoms with Crippen LogP contribution in [0, 0.1) is 0 Å². The number of anilines is 1. The van der Waals surface area contributed by atoms with Gasteiger partial charge in [0.05, 0.1) is 25.1 Å². The summed E-state index contributed by atoms with van der Waals surface area (Å²) < 4.78 is 5.35. The Morgan fingerprint density at radius 2 is 2.31 bits per heavy atom. The molecule has 0 aromatic heterocycles. The highest BCUT2D eigenvalue weighted by Crippen LogP contribution is 2.28. The van der Waals surface area contributed by atoms with Crippen molar-refractivity contribution in [2.75, 3.05) is 11.9 Å². The van der Waals surface area contributed by atoms with Crippen molar-refractivity contribution < 1.29 is 19.4 Å². The van der Waals surface area contributed by atoms with Crippen molar-refractivity contribution in [2.24, 2.45) is 0 Å². The quantitative estimate of drug-likeness (QED) is 0.782. The number of aliphatic carboxylic acids is 1. The van der Waals surface area contributed by atoms with Crippen LogP contribution in [0.3, 0.4) is 0 Å². The molecule has 1 aromatic rings. The summed E-state index contributed by atoms with van der Waals surface area (Å²) in [5.74, 6) is -0.438. The normalized spacial score (nSPS) is 14.4. The van der Waals surface area contributed by atoms with E-state index in [0.29, 0.717) is 30.0 Å². The number of amides is 1. The predicted octanol–water partition coefficient (Wildman–Crippen LogP) is 1.03. The first-order valence-corrected chi connectivity index (χ1v) is 4.92. The number of rotatable bonds is 2. The lowest BCUT2D eigenvalue weighted by Gasteiger charge is -2.08. The fraction of sp³-hybridized carbons (Fsp3) is 0.273. The fourth-order valence-corrected chi connectivity index (χ4v) is 1.55. The molecule has 1 amide bonds. The second kappa shape index (κ2) is 4.22. The Hall–Kier alpha value is -2.04. The van der Waals surface area contributed by atoms with Gasteiger partial charge in [0.1, 0.15) is 5.75 Å². The van der Waals surface area contributed by atoms with Crippen LogP contribution in [-0.4, -0.2) is 23.6 Å². The Balaban J connectivity index is 2.29. The van der Waals surface area contributed by atoms with Crippen molar-refractivity contribution >= 4 is 17.6 Å². The minimum Gasteiger partial charge on any atom is -0.491 e. The van der Waals surface area contributed by atoms with Crippen LogP contribution in [0.5, 0.6) is 5.75 Å². The molecule has 84 valence electrons. The van der Waals surface area contributed by atoms with Crippen LogP contribution in [0.15, 0.2) is 18.2 Å². The van der Waals surface area contributed by atoms with Gasteiger partial charge in [-0.3, -0.25) is 9.59 Å². The highest BCUT2D eigenvalue weighted by Gasteiger charge is 2.14. The summed E-state index contributed by atoms with van der Waals surface area (Å²) in [6.07, 6.45) is 0.242. The number of ether oxygens (including phenoxy) is 1. The monoisotopic (exact) mass is 221 g/mol. The van der Waals surface area contributed by atoms with Crippen molar-refractivity contribution in [2.45, 2.75) is 12.8 Å². The van der Waals surface area contributed by atoms with Crippen LogP contribution in [0.2, 0.25) is 0 Å². The van der Waals surface area contributed by atoms with Crippen molar-refractivity contribution in [1.82, 2.24) is 0 Å². The smallest absolute Gasteiger partial charge is 0.307 e. The van der Waals surface area contributed by atoms with Crippen LogP contribution >= 0.6 is 0 Å². The maximum absolute atomic E-state index is 11.3. The SMILES string of the molecule is O=C(O)Cc1ccc2c(c1)NC(=O)CCO2. The summed E-state index contributed by atoms with van der Waals surface area (Å²) in [5, 5.41) is 11.3. The lowest BCUT2D eigenvalue weighted by molar-refractivity contribution is -0.136. The highest BCUT2D eigenvalue weighted by atomic mass is 16.5. The molecule has 0 saturated heterocycles. The average molecular weight is 221 g/mol. The summed E-state index contributed by atoms with van der Waals surface area (Å²) in [6, 6.07) is 5.00. The van der Waals surface area contributed by atoms with E-state index in [1.165, 1.54) is 0 Å². The van der Waals surface area contributed by atoms with E-state index in [-0.39, 0.29) is 12.3 Å². The largest absolute Gasteiger partial charge is 0.491 e. The van der Waals surface area contributed by atoms with Gasteiger partial charge in [0.15, 0.2) is 0 Å². The van der Waals surface area contributed by atoms with E-state index in [1.54, 1.807) is 18.2 Å². The zero-order valence-electron chi connectivity index (χ0n) is 8.53. The van der Waals surface area contributed by atoms with Gasteiger partial charge >= 0.3 is 5.97 Å². The number of carboxylic acids is 1. The van der Waals surface area contributed by atoms with E-state index >= 15 is 0 Å². The van der Waals surface area contributed by atoms with Gasteiger partial charge in [-0.15, -0.1) is 0 Å². The molecule has 0 spiro atoms. The third-order valence-electron chi connectivity index (χ3n) is 2.26. The molecule has 0 saturated carbocycles. The van der Waals surface area contributed by atoms with Crippen LogP contribution in [0.4, 0.5) is 5.69 Å². The molecule has 1 aliphatic heterocycles. The van der Waals surface area contributed by atoms with E-state index in [0.717, 1.165) is 0 Å². The molecule has 16 heavy (non-hydrogen) atoms. The third kappa shape index (κ3) is 2.31. The molecule has 0 unspecified atom stereocenters. The maximum Gasteiger partial charge on any atom is 0.307 e. The van der Waals surface area contributed by atoms with Crippen LogP contribution < -0.4 is 10.1 Å². The molecular formula is C11H11NO4. The summed E-state index contributed by atoms with van der Waals surface area (Å²) >= 11 is 0. The molecule has 1 aliphatic rings. The van der Waals surface area contributed by atoms with Gasteiger partial charge in [0.2, 0.25) is 5.91 Å². The molecule has 5 nitrogen and oxygen atoms in total. The zero-order chi connectivity index (χ0) is 11.5. The summed E-state index contributed by atoms with van der Waals surface area (Å²) in [5.41, 5.74) is 1.18. The third-order valence-corrected chi connectivity index (χ3v) is 2.26. The molecule has 0 bridgehead atoms. The van der Waals surface area contributed by atoms with Crippen molar-refractivity contribution in [3.63, 3.8) is 0 Å². The topological polar surface area (TPSA) is 75.6 Å². The van der Waals surface area contributed by atoms with Gasteiger partial charge in [-0.2, -0.15) is 0 Å². The predicted molar refractivity (Wildman–Crippen MR) is 56.5 cm³/mol. The first-order chi connectivity index (χ1) is 7.65. The maximum atomic E-state index is 11.3. The molecule has 0 fully saturated rings. The van der Waals surface area contributed by atoms with Gasteiger partial charge in [-0.25, -0.2) is 0 Å². The van der Waals surface area contributed by atoms with Crippen molar-refractivity contribution in [1.29, 1.82) is 0 Å². The number of hydrogen-bond donors (Lipinski definition) is 2. The van der Waals surface area contributed by atoms with Crippen molar-refractivity contribution in [3.05, 3.63) is 23.8 Å². The minimum atomic E-state index is -0.902. The second-order valence-electron chi connectivity index (χ2n) is 3.55. The van der Waals surface area contributed by atoms with E-state index in [4.69, 9.17) is 9.84 Å². The lowest BCUT2D eigenvalue weighted by atomic mass is 10.1. The Bertz CT molecular complexity index is 442. The highest BCUT2D eigenvalue weighted by molar-refractivity contribution is 5.93. The number of carbonyl (C=O) groups is 2. The number of carboxylic acid groups (broad SMARTS) is 1. The summed E-state index contributed by atoms with van der Waals surface area (Å²) in [7, 11) is 0. The zero-order valence-corrected chi connectivity index (χ0v) is 8.53. The summed E-state index contributed by atoms with van der Waals surface area (Å²) in [4.78, 5) is 21.8. The molecule has 5 heteroatoms. The van der Waals surface area contributed by atoms with Gasteiger partial charge in [-0.1, -0.05) is 6.07 Å². The first kappa shape index (κ1) is 10.5. The van der Waals surface area contributed by atoms with Gasteiger partial charge in [0, 0.05) is 0 Å². The Labute approximate surface area is 92.0 Å². The molecule has 1 aromatic carbocycles. The average Bonchev–Trinajstić information content (AvgIpc) is 2.37. The number of nitrogens with one attached hydrogen (secondary N) is 1. The van der Waals surface area contributed by atoms with Crippen molar-refractivity contribution in [3.8, 4) is 5.75 Å². The Morgan fingerprint density at radius 3 is 3.06 bits per heavy atom. The van der Waals surface area contributed by atoms with Crippen LogP contribution in [0.1, 0.15) is 12.0 Å². The number of benzene rings is 1. The summed E-state index contributed by atoms with van der Waals surface area (Å²) in [6.45, 7) is 0.344. The number of hydrogen-bond acceptors (Lipinski definition) is 3. The van der Waals surface area contributed by atoms with Crippen LogP contribution in [-0.2, 0) is 16.0 Å². The van der Waals surface area contributed by atoms with Gasteiger partial charge < -0.3 is 15.2 Å². The molecular weight excluding hydrogens is 210 g/mol. The Morgan fingerprint density at radius 1 is 1.50 bits per heavy atom. The van der Waals surface area contributed by atoms with E-state index < -0.39 is 5.97 Å².